The van der Waals surface area contributed by atoms with E-state index in [4.69, 9.17) is 44.3 Å². The number of nitrogens with zero attached hydrogens (tertiary/aromatic N) is 2. The summed E-state index contributed by atoms with van der Waals surface area (Å²) < 4.78 is 11.0. The highest BCUT2D eigenvalue weighted by atomic mass is 35.5. The minimum Gasteiger partial charge on any atom is -0.459 e. The lowest BCUT2D eigenvalue weighted by Gasteiger charge is -2.36. The summed E-state index contributed by atoms with van der Waals surface area (Å²) in [5, 5.41) is 6.88. The molecule has 2 aromatic carbocycles. The van der Waals surface area contributed by atoms with Crippen LogP contribution in [-0.2, 0) is 4.79 Å². The number of hydrogen-bond acceptors (Lipinski definition) is 6. The molecule has 3 heterocycles. The predicted octanol–water partition coefficient (Wildman–Crippen LogP) is 6.34. The average Bonchev–Trinajstić information content (AvgIpc) is 3.65. The highest BCUT2D eigenvalue weighted by Gasteiger charge is 2.24. The highest BCUT2D eigenvalue weighted by Crippen LogP contribution is 2.30. The fraction of sp³-hybridized carbons (Fsp3) is 0.138. The summed E-state index contributed by atoms with van der Waals surface area (Å²) in [5.74, 6) is 0.995. The van der Waals surface area contributed by atoms with Crippen molar-refractivity contribution >= 4 is 69.8 Å². The van der Waals surface area contributed by atoms with Gasteiger partial charge in [0.25, 0.3) is 5.91 Å². The number of anilines is 2. The van der Waals surface area contributed by atoms with E-state index in [1.807, 2.05) is 30.3 Å². The summed E-state index contributed by atoms with van der Waals surface area (Å²) >= 11 is 17.8. The fourth-order valence-corrected chi connectivity index (χ4v) is 4.88. The smallest absolute Gasteiger partial charge is 0.289 e. The Bertz CT molecular complexity index is 1540. The summed E-state index contributed by atoms with van der Waals surface area (Å²) in [6, 6.07) is 19.7. The largest absolute Gasteiger partial charge is 0.459 e. The number of carbonyl (C=O) groups excluding carboxylic acids is 2. The number of furan rings is 2. The molecule has 1 saturated heterocycles. The van der Waals surface area contributed by atoms with Gasteiger partial charge in [0, 0.05) is 48.5 Å². The zero-order valence-electron chi connectivity index (χ0n) is 21.1. The number of benzene rings is 2. The Labute approximate surface area is 246 Å². The minimum atomic E-state index is -0.411. The van der Waals surface area contributed by atoms with E-state index in [1.54, 1.807) is 47.4 Å². The first-order valence-corrected chi connectivity index (χ1v) is 13.6. The zero-order valence-corrected chi connectivity index (χ0v) is 23.4. The summed E-state index contributed by atoms with van der Waals surface area (Å²) in [4.78, 5) is 28.7. The van der Waals surface area contributed by atoms with Crippen LogP contribution in [0, 0.1) is 0 Å². The van der Waals surface area contributed by atoms with E-state index in [0.29, 0.717) is 59.2 Å². The molecule has 2 aromatic heterocycles. The van der Waals surface area contributed by atoms with Crippen LogP contribution in [-0.4, -0.2) is 48.0 Å². The monoisotopic (exact) mass is 594 g/mol. The molecule has 0 saturated carbocycles. The van der Waals surface area contributed by atoms with Crippen molar-refractivity contribution in [2.75, 3.05) is 36.4 Å². The van der Waals surface area contributed by atoms with E-state index in [9.17, 15) is 9.59 Å². The first-order chi connectivity index (χ1) is 19.4. The first kappa shape index (κ1) is 27.5. The van der Waals surface area contributed by atoms with E-state index >= 15 is 0 Å². The third-order valence-electron chi connectivity index (χ3n) is 6.24. The normalized spacial score (nSPS) is 13.4. The molecule has 2 N–H and O–H groups in total. The molecule has 2 amide bonds. The minimum absolute atomic E-state index is 0.118. The Morgan fingerprint density at radius 3 is 2.42 bits per heavy atom. The van der Waals surface area contributed by atoms with Gasteiger partial charge < -0.3 is 24.0 Å². The molecule has 1 aliphatic rings. The van der Waals surface area contributed by atoms with E-state index < -0.39 is 5.91 Å². The Hall–Kier alpha value is -4.05. The van der Waals surface area contributed by atoms with Crippen molar-refractivity contribution in [2.24, 2.45) is 0 Å². The first-order valence-electron chi connectivity index (χ1n) is 12.4. The molecule has 40 heavy (non-hydrogen) atoms. The van der Waals surface area contributed by atoms with E-state index in [1.165, 1.54) is 12.3 Å². The van der Waals surface area contributed by atoms with Crippen LogP contribution in [0.2, 0.25) is 10.0 Å². The summed E-state index contributed by atoms with van der Waals surface area (Å²) in [6.45, 7) is 2.38. The zero-order chi connectivity index (χ0) is 28.1. The number of piperazine rings is 1. The van der Waals surface area contributed by atoms with E-state index in [2.05, 4.69) is 15.5 Å². The number of thiocarbonyl (C=S) groups is 1. The van der Waals surface area contributed by atoms with Crippen molar-refractivity contribution in [2.45, 2.75) is 0 Å². The predicted molar refractivity (Wildman–Crippen MR) is 161 cm³/mol. The second kappa shape index (κ2) is 12.4. The molecule has 0 unspecified atom stereocenters. The van der Waals surface area contributed by atoms with Crippen LogP contribution in [0.1, 0.15) is 16.3 Å². The number of amides is 2. The van der Waals surface area contributed by atoms with Gasteiger partial charge in [0.2, 0.25) is 5.91 Å². The van der Waals surface area contributed by atoms with Crippen molar-refractivity contribution in [1.29, 1.82) is 0 Å². The molecule has 5 rings (SSSR count). The fourth-order valence-electron chi connectivity index (χ4n) is 4.23. The molecular weight excluding hydrogens is 571 g/mol. The van der Waals surface area contributed by atoms with Gasteiger partial charge in [-0.2, -0.15) is 0 Å². The number of carbonyl (C=O) groups is 2. The average molecular weight is 596 g/mol. The quantitative estimate of drug-likeness (QED) is 0.199. The summed E-state index contributed by atoms with van der Waals surface area (Å²) in [7, 11) is 0. The molecule has 1 fully saturated rings. The third kappa shape index (κ3) is 6.74. The molecule has 4 aromatic rings. The second-order valence-corrected chi connectivity index (χ2v) is 10.2. The number of rotatable bonds is 6. The molecule has 0 atom stereocenters. The van der Waals surface area contributed by atoms with Gasteiger partial charge in [0.1, 0.15) is 11.5 Å². The molecule has 11 heteroatoms. The Balaban J connectivity index is 1.11. The molecule has 0 radical (unpaired) electrons. The Morgan fingerprint density at radius 1 is 0.950 bits per heavy atom. The lowest BCUT2D eigenvalue weighted by atomic mass is 10.2. The topological polar surface area (TPSA) is 91.0 Å². The molecule has 204 valence electrons. The van der Waals surface area contributed by atoms with Crippen molar-refractivity contribution in [1.82, 2.24) is 10.2 Å². The van der Waals surface area contributed by atoms with Gasteiger partial charge in [-0.1, -0.05) is 23.2 Å². The Morgan fingerprint density at radius 2 is 1.73 bits per heavy atom. The van der Waals surface area contributed by atoms with Gasteiger partial charge in [0.05, 0.1) is 17.0 Å². The molecule has 8 nitrogen and oxygen atoms in total. The van der Waals surface area contributed by atoms with Crippen molar-refractivity contribution in [3.8, 4) is 11.3 Å². The van der Waals surface area contributed by atoms with Crippen LogP contribution >= 0.6 is 35.4 Å². The summed E-state index contributed by atoms with van der Waals surface area (Å²) in [5.41, 5.74) is 2.37. The van der Waals surface area contributed by atoms with Gasteiger partial charge in [-0.15, -0.1) is 0 Å². The van der Waals surface area contributed by atoms with Crippen molar-refractivity contribution in [3.63, 3.8) is 0 Å². The second-order valence-electron chi connectivity index (χ2n) is 8.91. The van der Waals surface area contributed by atoms with Crippen LogP contribution < -0.4 is 15.5 Å². The van der Waals surface area contributed by atoms with Gasteiger partial charge >= 0.3 is 0 Å². The van der Waals surface area contributed by atoms with E-state index in [-0.39, 0.29) is 11.0 Å². The van der Waals surface area contributed by atoms with Gasteiger partial charge in [-0.3, -0.25) is 14.9 Å². The molecule has 0 aliphatic carbocycles. The van der Waals surface area contributed by atoms with Crippen LogP contribution in [0.25, 0.3) is 17.4 Å². The van der Waals surface area contributed by atoms with Crippen LogP contribution in [0.5, 0.6) is 0 Å². The van der Waals surface area contributed by atoms with Crippen LogP contribution in [0.3, 0.4) is 0 Å². The maximum Gasteiger partial charge on any atom is 0.289 e. The maximum absolute atomic E-state index is 12.5. The molecule has 0 bridgehead atoms. The lowest BCUT2D eigenvalue weighted by Crippen LogP contribution is -2.48. The number of nitrogens with one attached hydrogen (secondary N) is 2. The lowest BCUT2D eigenvalue weighted by molar-refractivity contribution is -0.115. The van der Waals surface area contributed by atoms with Crippen molar-refractivity contribution in [3.05, 3.63) is 101 Å². The summed E-state index contributed by atoms with van der Waals surface area (Å²) in [6.07, 6.45) is 4.39. The molecule has 0 spiro atoms. The van der Waals surface area contributed by atoms with Gasteiger partial charge in [-0.05, 0) is 85.0 Å². The highest BCUT2D eigenvalue weighted by molar-refractivity contribution is 7.80. The SMILES string of the molecule is O=C(/C=C/c1ccc(-c2ccc(Cl)cc2)o1)NC(=S)Nc1ccc(N2CCN(C(=O)c3ccco3)CC2)c(Cl)c1. The number of halogens is 2. The molecular formula is C29H24Cl2N4O4S. The van der Waals surface area contributed by atoms with Crippen LogP contribution in [0.4, 0.5) is 11.4 Å². The van der Waals surface area contributed by atoms with Gasteiger partial charge in [-0.25, -0.2) is 0 Å². The van der Waals surface area contributed by atoms with Gasteiger partial charge in [0.15, 0.2) is 10.9 Å². The maximum atomic E-state index is 12.5. The standard InChI is InChI=1S/C29H24Cl2N4O4S/c30-20-5-3-19(4-6-20)25-11-8-22(39-25)9-12-27(36)33-29(40)32-21-7-10-24(23(31)18-21)34-13-15-35(16-14-34)28(37)26-2-1-17-38-26/h1-12,17-18H,13-16H2,(H2,32,33,36,40)/b12-9+. The number of hydrogen-bond donors (Lipinski definition) is 2. The molecule has 1 aliphatic heterocycles. The van der Waals surface area contributed by atoms with Crippen LogP contribution in [0.15, 0.2) is 87.9 Å². The Kier molecular flexibility index (Phi) is 8.54. The third-order valence-corrected chi connectivity index (χ3v) is 7.00. The van der Waals surface area contributed by atoms with E-state index in [0.717, 1.165) is 11.3 Å². The van der Waals surface area contributed by atoms with Crippen molar-refractivity contribution < 1.29 is 18.4 Å².